The number of benzene rings is 1. The van der Waals surface area contributed by atoms with Crippen molar-refractivity contribution < 1.29 is 4.79 Å². The van der Waals surface area contributed by atoms with Crippen LogP contribution in [0.1, 0.15) is 10.4 Å². The van der Waals surface area contributed by atoms with Gasteiger partial charge in [0, 0.05) is 22.4 Å². The van der Waals surface area contributed by atoms with Crippen molar-refractivity contribution in [2.45, 2.75) is 0 Å². The van der Waals surface area contributed by atoms with Crippen LogP contribution in [0, 0.1) is 0 Å². The molecule has 0 saturated carbocycles. The number of carbonyl (C=O) groups is 1. The molecule has 1 aromatic heterocycles. The van der Waals surface area contributed by atoms with Crippen molar-refractivity contribution in [3.63, 3.8) is 0 Å². The second-order valence-corrected chi connectivity index (χ2v) is 3.88. The Hall–Kier alpha value is -1.55. The van der Waals surface area contributed by atoms with Crippen LogP contribution in [0.5, 0.6) is 0 Å². The number of hydrogen-bond acceptors (Lipinski definition) is 3. The highest BCUT2D eigenvalue weighted by Crippen LogP contribution is 2.19. The van der Waals surface area contributed by atoms with Crippen molar-refractivity contribution in [1.29, 1.82) is 0 Å². The van der Waals surface area contributed by atoms with E-state index in [1.807, 2.05) is 24.3 Å². The van der Waals surface area contributed by atoms with E-state index in [9.17, 15) is 4.79 Å². The van der Waals surface area contributed by atoms with Gasteiger partial charge in [-0.1, -0.05) is 28.1 Å². The zero-order valence-electron chi connectivity index (χ0n) is 7.72. The molecular weight excluding hydrogens is 256 g/mol. The van der Waals surface area contributed by atoms with Crippen molar-refractivity contribution in [3.05, 3.63) is 46.7 Å². The van der Waals surface area contributed by atoms with Gasteiger partial charge in [-0.2, -0.15) is 0 Å². The van der Waals surface area contributed by atoms with Crippen LogP contribution in [0.4, 0.5) is 0 Å². The molecule has 0 unspecified atom stereocenters. The van der Waals surface area contributed by atoms with Crippen LogP contribution in [-0.2, 0) is 0 Å². The van der Waals surface area contributed by atoms with Gasteiger partial charge in [-0.15, -0.1) is 0 Å². The predicted octanol–water partition coefficient (Wildman–Crippen LogP) is 2.72. The molecule has 0 fully saturated rings. The van der Waals surface area contributed by atoms with E-state index in [2.05, 4.69) is 25.9 Å². The minimum Gasteiger partial charge on any atom is -0.298 e. The van der Waals surface area contributed by atoms with Crippen molar-refractivity contribution in [1.82, 2.24) is 9.97 Å². The Morgan fingerprint density at radius 3 is 2.53 bits per heavy atom. The summed E-state index contributed by atoms with van der Waals surface area (Å²) in [6, 6.07) is 7.69. The molecule has 0 spiro atoms. The molecule has 74 valence electrons. The molecule has 0 bridgehead atoms. The zero-order valence-corrected chi connectivity index (χ0v) is 9.31. The molecular formula is C11H7BrN2O. The Morgan fingerprint density at radius 1 is 1.20 bits per heavy atom. The maximum absolute atomic E-state index is 10.4. The summed E-state index contributed by atoms with van der Waals surface area (Å²) in [7, 11) is 0. The molecule has 0 aliphatic rings. The second kappa shape index (κ2) is 4.31. The molecule has 0 aliphatic carbocycles. The first-order valence-corrected chi connectivity index (χ1v) is 5.12. The van der Waals surface area contributed by atoms with Crippen LogP contribution >= 0.6 is 15.9 Å². The number of aldehydes is 1. The molecule has 3 nitrogen and oxygen atoms in total. The topological polar surface area (TPSA) is 42.9 Å². The van der Waals surface area contributed by atoms with E-state index in [0.717, 1.165) is 16.3 Å². The molecule has 2 aromatic rings. The molecule has 1 aromatic carbocycles. The summed E-state index contributed by atoms with van der Waals surface area (Å²) in [5.41, 5.74) is 1.40. The predicted molar refractivity (Wildman–Crippen MR) is 60.6 cm³/mol. The molecule has 2 rings (SSSR count). The van der Waals surface area contributed by atoms with E-state index in [1.165, 1.54) is 12.4 Å². The van der Waals surface area contributed by atoms with Crippen LogP contribution in [0.2, 0.25) is 0 Å². The molecule has 0 atom stereocenters. The van der Waals surface area contributed by atoms with Gasteiger partial charge in [0.25, 0.3) is 0 Å². The maximum atomic E-state index is 10.4. The first-order chi connectivity index (χ1) is 7.29. The molecule has 4 heteroatoms. The summed E-state index contributed by atoms with van der Waals surface area (Å²) < 4.78 is 0.975. The van der Waals surface area contributed by atoms with E-state index in [1.54, 1.807) is 0 Å². The highest BCUT2D eigenvalue weighted by molar-refractivity contribution is 9.10. The van der Waals surface area contributed by atoms with Gasteiger partial charge in [-0.3, -0.25) is 4.79 Å². The van der Waals surface area contributed by atoms with Crippen LogP contribution in [0.15, 0.2) is 41.1 Å². The minimum absolute atomic E-state index is 0.480. The van der Waals surface area contributed by atoms with Crippen molar-refractivity contribution in [2.75, 3.05) is 0 Å². The van der Waals surface area contributed by atoms with E-state index in [4.69, 9.17) is 0 Å². The number of hydrogen-bond donors (Lipinski definition) is 0. The van der Waals surface area contributed by atoms with Gasteiger partial charge in [-0.05, 0) is 12.1 Å². The largest absolute Gasteiger partial charge is 0.298 e. The summed E-state index contributed by atoms with van der Waals surface area (Å²) in [6.07, 6.45) is 3.75. The van der Waals surface area contributed by atoms with E-state index in [-0.39, 0.29) is 0 Å². The quantitative estimate of drug-likeness (QED) is 0.782. The number of halogens is 1. The maximum Gasteiger partial charge on any atom is 0.159 e. The third kappa shape index (κ3) is 2.27. The number of nitrogens with zero attached hydrogens (tertiary/aromatic N) is 2. The van der Waals surface area contributed by atoms with Crippen LogP contribution < -0.4 is 0 Å². The molecule has 1 heterocycles. The number of rotatable bonds is 2. The van der Waals surface area contributed by atoms with Gasteiger partial charge < -0.3 is 0 Å². The highest BCUT2D eigenvalue weighted by atomic mass is 79.9. The van der Waals surface area contributed by atoms with Gasteiger partial charge in [-0.25, -0.2) is 9.97 Å². The van der Waals surface area contributed by atoms with Crippen LogP contribution in [-0.4, -0.2) is 16.3 Å². The highest BCUT2D eigenvalue weighted by Gasteiger charge is 2.01. The minimum atomic E-state index is 0.480. The standard InChI is InChI=1S/C11H7BrN2O/c12-10-3-1-2-9(4-10)11-13-5-8(7-15)6-14-11/h1-7H. The average molecular weight is 263 g/mol. The van der Waals surface area contributed by atoms with Gasteiger partial charge in [0.15, 0.2) is 12.1 Å². The van der Waals surface area contributed by atoms with E-state index in [0.29, 0.717) is 11.4 Å². The average Bonchev–Trinajstić information content (AvgIpc) is 2.29. The fraction of sp³-hybridized carbons (Fsp3) is 0. The second-order valence-electron chi connectivity index (χ2n) is 2.97. The normalized spacial score (nSPS) is 9.93. The summed E-state index contributed by atoms with van der Waals surface area (Å²) in [5.74, 6) is 0.613. The first-order valence-electron chi connectivity index (χ1n) is 4.33. The first kappa shape index (κ1) is 9.98. The van der Waals surface area contributed by atoms with Gasteiger partial charge in [0.1, 0.15) is 0 Å². The third-order valence-electron chi connectivity index (χ3n) is 1.89. The summed E-state index contributed by atoms with van der Waals surface area (Å²) in [5, 5.41) is 0. The molecule has 0 radical (unpaired) electrons. The lowest BCUT2D eigenvalue weighted by atomic mass is 10.2. The molecule has 0 amide bonds. The Labute approximate surface area is 95.3 Å². The Bertz CT molecular complexity index is 482. The van der Waals surface area contributed by atoms with Crippen molar-refractivity contribution in [2.24, 2.45) is 0 Å². The lowest BCUT2D eigenvalue weighted by Gasteiger charge is -1.99. The monoisotopic (exact) mass is 262 g/mol. The lowest BCUT2D eigenvalue weighted by molar-refractivity contribution is 0.112. The molecule has 0 saturated heterocycles. The van der Waals surface area contributed by atoms with Crippen molar-refractivity contribution >= 4 is 22.2 Å². The molecule has 15 heavy (non-hydrogen) atoms. The number of aromatic nitrogens is 2. The SMILES string of the molecule is O=Cc1cnc(-c2cccc(Br)c2)nc1. The third-order valence-corrected chi connectivity index (χ3v) is 2.38. The molecule has 0 N–H and O–H groups in total. The van der Waals surface area contributed by atoms with Crippen LogP contribution in [0.3, 0.4) is 0 Å². The van der Waals surface area contributed by atoms with E-state index < -0.39 is 0 Å². The van der Waals surface area contributed by atoms with Gasteiger partial charge >= 0.3 is 0 Å². The van der Waals surface area contributed by atoms with Crippen molar-refractivity contribution in [3.8, 4) is 11.4 Å². The summed E-state index contributed by atoms with van der Waals surface area (Å²) >= 11 is 3.38. The van der Waals surface area contributed by atoms with Gasteiger partial charge in [0.05, 0.1) is 5.56 Å². The van der Waals surface area contributed by atoms with Gasteiger partial charge in [0.2, 0.25) is 0 Å². The van der Waals surface area contributed by atoms with E-state index >= 15 is 0 Å². The Morgan fingerprint density at radius 2 is 1.93 bits per heavy atom. The lowest BCUT2D eigenvalue weighted by Crippen LogP contribution is -1.90. The fourth-order valence-electron chi connectivity index (χ4n) is 1.18. The number of carbonyl (C=O) groups excluding carboxylic acids is 1. The van der Waals surface area contributed by atoms with Crippen LogP contribution in [0.25, 0.3) is 11.4 Å². The summed E-state index contributed by atoms with van der Waals surface area (Å²) in [4.78, 5) is 18.6. The molecule has 0 aliphatic heterocycles. The smallest absolute Gasteiger partial charge is 0.159 e. The Kier molecular flexibility index (Phi) is 2.87. The zero-order chi connectivity index (χ0) is 10.7. The fourth-order valence-corrected chi connectivity index (χ4v) is 1.57. The Balaban J connectivity index is 2.41. The summed E-state index contributed by atoms with van der Waals surface area (Å²) in [6.45, 7) is 0.